The molecule has 0 bridgehead atoms. The third-order valence-electron chi connectivity index (χ3n) is 3.94. The van der Waals surface area contributed by atoms with E-state index in [0.29, 0.717) is 5.46 Å². The molecule has 5 nitrogen and oxygen atoms in total. The van der Waals surface area contributed by atoms with Crippen LogP contribution in [0.3, 0.4) is 0 Å². The monoisotopic (exact) mass is 310 g/mol. The lowest BCUT2D eigenvalue weighted by Crippen LogP contribution is -2.41. The summed E-state index contributed by atoms with van der Waals surface area (Å²) in [6, 6.07) is 4.18. The van der Waals surface area contributed by atoms with E-state index >= 15 is 0 Å². The van der Waals surface area contributed by atoms with Crippen molar-refractivity contribution in [1.29, 1.82) is 0 Å². The summed E-state index contributed by atoms with van der Waals surface area (Å²) in [6.45, 7) is 9.47. The molecule has 7 heteroatoms. The van der Waals surface area contributed by atoms with Crippen LogP contribution in [-0.4, -0.2) is 31.1 Å². The van der Waals surface area contributed by atoms with Crippen molar-refractivity contribution in [3.63, 3.8) is 0 Å². The second kappa shape index (κ2) is 5.89. The van der Waals surface area contributed by atoms with Crippen molar-refractivity contribution in [2.75, 3.05) is 6.61 Å². The first-order chi connectivity index (χ1) is 10.2. The van der Waals surface area contributed by atoms with Crippen LogP contribution in [0.1, 0.15) is 34.6 Å². The Morgan fingerprint density at radius 1 is 1.23 bits per heavy atom. The number of halogens is 1. The lowest BCUT2D eigenvalue weighted by atomic mass is 9.79. The normalized spacial score (nSPS) is 19.1. The maximum absolute atomic E-state index is 14.0. The topological polar surface area (TPSA) is 54.0 Å². The van der Waals surface area contributed by atoms with E-state index in [4.69, 9.17) is 14.0 Å². The van der Waals surface area contributed by atoms with Crippen molar-refractivity contribution >= 4 is 18.7 Å². The standard InChI is InChI=1S/C15H20BFO5/c1-6-19-13(18)20-12-8-7-10(9-11(12)17)16-21-14(2,3)15(4,5)22-16/h7-9H,6H2,1-5H3. The summed E-state index contributed by atoms with van der Waals surface area (Å²) in [4.78, 5) is 11.2. The number of rotatable bonds is 3. The summed E-state index contributed by atoms with van der Waals surface area (Å²) in [6.07, 6.45) is -0.940. The van der Waals surface area contributed by atoms with E-state index in [1.165, 1.54) is 12.1 Å². The van der Waals surface area contributed by atoms with E-state index in [2.05, 4.69) is 4.74 Å². The van der Waals surface area contributed by atoms with Gasteiger partial charge in [0.1, 0.15) is 0 Å². The molecule has 1 aliphatic rings. The SMILES string of the molecule is CCOC(=O)Oc1ccc(B2OC(C)(C)C(C)(C)O2)cc1F. The van der Waals surface area contributed by atoms with Crippen LogP contribution in [0.25, 0.3) is 0 Å². The Balaban J connectivity index is 2.15. The Kier molecular flexibility index (Phi) is 4.49. The van der Waals surface area contributed by atoms with Gasteiger partial charge in [-0.3, -0.25) is 0 Å². The van der Waals surface area contributed by atoms with Gasteiger partial charge in [-0.2, -0.15) is 0 Å². The number of benzene rings is 1. The van der Waals surface area contributed by atoms with Crippen molar-refractivity contribution in [3.05, 3.63) is 24.0 Å². The van der Waals surface area contributed by atoms with Crippen molar-refractivity contribution < 1.29 is 28.0 Å². The molecule has 0 unspecified atom stereocenters. The van der Waals surface area contributed by atoms with Gasteiger partial charge in [-0.05, 0) is 52.2 Å². The average molecular weight is 310 g/mol. The molecule has 0 aliphatic carbocycles. The van der Waals surface area contributed by atoms with E-state index in [9.17, 15) is 9.18 Å². The second-order valence-corrected chi connectivity index (χ2v) is 6.06. The molecule has 0 atom stereocenters. The van der Waals surface area contributed by atoms with Crippen LogP contribution in [-0.2, 0) is 14.0 Å². The fourth-order valence-electron chi connectivity index (χ4n) is 1.96. The molecular weight excluding hydrogens is 290 g/mol. The molecular formula is C15H20BFO5. The molecule has 22 heavy (non-hydrogen) atoms. The van der Waals surface area contributed by atoms with Gasteiger partial charge in [0.25, 0.3) is 0 Å². The fourth-order valence-corrected chi connectivity index (χ4v) is 1.96. The minimum absolute atomic E-state index is 0.159. The van der Waals surface area contributed by atoms with Gasteiger partial charge in [-0.25, -0.2) is 9.18 Å². The van der Waals surface area contributed by atoms with Crippen molar-refractivity contribution in [3.8, 4) is 5.75 Å². The minimum atomic E-state index is -0.940. The number of hydrogen-bond acceptors (Lipinski definition) is 5. The molecule has 0 amide bonds. The van der Waals surface area contributed by atoms with Crippen molar-refractivity contribution in [2.24, 2.45) is 0 Å². The Morgan fingerprint density at radius 2 is 1.82 bits per heavy atom. The molecule has 0 aromatic heterocycles. The minimum Gasteiger partial charge on any atom is -0.434 e. The highest BCUT2D eigenvalue weighted by molar-refractivity contribution is 6.62. The molecule has 1 aliphatic heterocycles. The summed E-state index contributed by atoms with van der Waals surface area (Å²) in [5.74, 6) is -0.876. The molecule has 1 saturated heterocycles. The largest absolute Gasteiger partial charge is 0.513 e. The predicted octanol–water partition coefficient (Wildman–Crippen LogP) is 2.66. The zero-order valence-electron chi connectivity index (χ0n) is 13.4. The van der Waals surface area contributed by atoms with Crippen LogP contribution in [0.2, 0.25) is 0 Å². The fraction of sp³-hybridized carbons (Fsp3) is 0.533. The lowest BCUT2D eigenvalue weighted by molar-refractivity contribution is 0.00578. The molecule has 1 aromatic rings. The summed E-state index contributed by atoms with van der Waals surface area (Å²) in [5.41, 5.74) is -0.491. The zero-order chi connectivity index (χ0) is 16.5. The third kappa shape index (κ3) is 3.25. The zero-order valence-corrected chi connectivity index (χ0v) is 13.4. The van der Waals surface area contributed by atoms with Crippen LogP contribution in [0.4, 0.5) is 9.18 Å². The maximum Gasteiger partial charge on any atom is 0.513 e. The van der Waals surface area contributed by atoms with E-state index < -0.39 is 30.3 Å². The number of ether oxygens (including phenoxy) is 2. The first-order valence-electron chi connectivity index (χ1n) is 7.16. The molecule has 1 aromatic carbocycles. The van der Waals surface area contributed by atoms with Crippen LogP contribution in [0, 0.1) is 5.82 Å². The molecule has 0 saturated carbocycles. The first kappa shape index (κ1) is 16.8. The molecule has 0 radical (unpaired) electrons. The quantitative estimate of drug-likeness (QED) is 0.488. The predicted molar refractivity (Wildman–Crippen MR) is 79.8 cm³/mol. The highest BCUT2D eigenvalue weighted by Gasteiger charge is 2.51. The Bertz CT molecular complexity index is 557. The van der Waals surface area contributed by atoms with Gasteiger partial charge in [0.05, 0.1) is 17.8 Å². The number of carbonyl (C=O) groups excluding carboxylic acids is 1. The van der Waals surface area contributed by atoms with Crippen LogP contribution >= 0.6 is 0 Å². The van der Waals surface area contributed by atoms with Gasteiger partial charge in [0, 0.05) is 0 Å². The smallest absolute Gasteiger partial charge is 0.434 e. The van der Waals surface area contributed by atoms with E-state index in [1.54, 1.807) is 13.0 Å². The van der Waals surface area contributed by atoms with E-state index in [1.807, 2.05) is 27.7 Å². The van der Waals surface area contributed by atoms with Crippen LogP contribution in [0.15, 0.2) is 18.2 Å². The summed E-state index contributed by atoms with van der Waals surface area (Å²) in [7, 11) is -0.670. The molecule has 0 spiro atoms. The van der Waals surface area contributed by atoms with Gasteiger partial charge >= 0.3 is 13.3 Å². The molecule has 120 valence electrons. The van der Waals surface area contributed by atoms with Gasteiger partial charge in [-0.15, -0.1) is 0 Å². The van der Waals surface area contributed by atoms with Crippen molar-refractivity contribution in [2.45, 2.75) is 45.8 Å². The Labute approximate surface area is 129 Å². The van der Waals surface area contributed by atoms with Gasteiger partial charge in [0.15, 0.2) is 11.6 Å². The van der Waals surface area contributed by atoms with Gasteiger partial charge in [0.2, 0.25) is 0 Å². The molecule has 1 heterocycles. The molecule has 1 fully saturated rings. The highest BCUT2D eigenvalue weighted by atomic mass is 19.1. The maximum atomic E-state index is 14.0. The summed E-state index contributed by atoms with van der Waals surface area (Å²) < 4.78 is 35.1. The Hall–Kier alpha value is -1.60. The third-order valence-corrected chi connectivity index (χ3v) is 3.94. The molecule has 2 rings (SSSR count). The van der Waals surface area contributed by atoms with Crippen LogP contribution in [0.5, 0.6) is 5.75 Å². The Morgan fingerprint density at radius 3 is 2.32 bits per heavy atom. The van der Waals surface area contributed by atoms with E-state index in [0.717, 1.165) is 0 Å². The second-order valence-electron chi connectivity index (χ2n) is 6.06. The first-order valence-corrected chi connectivity index (χ1v) is 7.16. The van der Waals surface area contributed by atoms with Crippen LogP contribution < -0.4 is 10.2 Å². The van der Waals surface area contributed by atoms with E-state index in [-0.39, 0.29) is 12.4 Å². The average Bonchev–Trinajstić information content (AvgIpc) is 2.61. The lowest BCUT2D eigenvalue weighted by Gasteiger charge is -2.32. The highest BCUT2D eigenvalue weighted by Crippen LogP contribution is 2.36. The number of hydrogen-bond donors (Lipinski definition) is 0. The molecule has 0 N–H and O–H groups in total. The summed E-state index contributed by atoms with van der Waals surface area (Å²) >= 11 is 0. The summed E-state index contributed by atoms with van der Waals surface area (Å²) in [5, 5.41) is 0. The van der Waals surface area contributed by atoms with Gasteiger partial charge in [-0.1, -0.05) is 6.07 Å². The van der Waals surface area contributed by atoms with Crippen molar-refractivity contribution in [1.82, 2.24) is 0 Å². The number of carbonyl (C=O) groups is 1. The van der Waals surface area contributed by atoms with Gasteiger partial charge < -0.3 is 18.8 Å².